The van der Waals surface area contributed by atoms with Crippen LogP contribution in [-0.2, 0) is 6.61 Å². The van der Waals surface area contributed by atoms with E-state index in [1.165, 1.54) is 18.2 Å². The van der Waals surface area contributed by atoms with Crippen LogP contribution in [0.15, 0.2) is 40.9 Å². The zero-order chi connectivity index (χ0) is 14.7. The summed E-state index contributed by atoms with van der Waals surface area (Å²) in [5, 5.41) is 0. The van der Waals surface area contributed by atoms with Gasteiger partial charge in [-0.05, 0) is 31.2 Å². The summed E-state index contributed by atoms with van der Waals surface area (Å²) >= 11 is 3.33. The Bertz CT molecular complexity index is 597. The summed E-state index contributed by atoms with van der Waals surface area (Å²) in [5.41, 5.74) is 6.54. The van der Waals surface area contributed by atoms with E-state index in [2.05, 4.69) is 15.9 Å². The van der Waals surface area contributed by atoms with Gasteiger partial charge in [0.05, 0.1) is 5.56 Å². The minimum Gasteiger partial charge on any atom is -0.488 e. The van der Waals surface area contributed by atoms with Gasteiger partial charge in [-0.25, -0.2) is 8.78 Å². The van der Waals surface area contributed by atoms with E-state index in [0.717, 1.165) is 10.0 Å². The van der Waals surface area contributed by atoms with Crippen LogP contribution in [0.3, 0.4) is 0 Å². The first-order valence-corrected chi connectivity index (χ1v) is 6.89. The zero-order valence-corrected chi connectivity index (χ0v) is 12.5. The number of hydrogen-bond donors (Lipinski definition) is 1. The summed E-state index contributed by atoms with van der Waals surface area (Å²) in [6.07, 6.45) is 0. The van der Waals surface area contributed by atoms with Gasteiger partial charge in [0.1, 0.15) is 24.0 Å². The second kappa shape index (κ2) is 6.33. The molecule has 0 radical (unpaired) electrons. The molecule has 0 amide bonds. The van der Waals surface area contributed by atoms with Gasteiger partial charge in [-0.1, -0.05) is 28.1 Å². The van der Waals surface area contributed by atoms with Crippen LogP contribution in [0, 0.1) is 11.6 Å². The summed E-state index contributed by atoms with van der Waals surface area (Å²) in [5.74, 6) is -0.735. The van der Waals surface area contributed by atoms with Crippen LogP contribution in [0.1, 0.15) is 24.1 Å². The van der Waals surface area contributed by atoms with E-state index in [1.807, 2.05) is 19.1 Å². The molecule has 2 rings (SSSR count). The van der Waals surface area contributed by atoms with Gasteiger partial charge in [0, 0.05) is 16.1 Å². The molecular weight excluding hydrogens is 328 g/mol. The van der Waals surface area contributed by atoms with Crippen LogP contribution >= 0.6 is 15.9 Å². The second-order valence-corrected chi connectivity index (χ2v) is 5.38. The highest BCUT2D eigenvalue weighted by molar-refractivity contribution is 9.10. The van der Waals surface area contributed by atoms with Crippen LogP contribution < -0.4 is 10.5 Å². The van der Waals surface area contributed by atoms with E-state index in [1.54, 1.807) is 6.07 Å². The van der Waals surface area contributed by atoms with Crippen molar-refractivity contribution < 1.29 is 13.5 Å². The number of rotatable bonds is 4. The van der Waals surface area contributed by atoms with Gasteiger partial charge in [-0.15, -0.1) is 0 Å². The lowest BCUT2D eigenvalue weighted by Gasteiger charge is -2.15. The molecule has 0 aromatic heterocycles. The maximum atomic E-state index is 13.5. The van der Waals surface area contributed by atoms with E-state index >= 15 is 0 Å². The first kappa shape index (κ1) is 14.9. The van der Waals surface area contributed by atoms with Crippen molar-refractivity contribution in [1.82, 2.24) is 0 Å². The lowest BCUT2D eigenvalue weighted by molar-refractivity contribution is 0.288. The molecule has 5 heteroatoms. The minimum absolute atomic E-state index is 0.0944. The predicted molar refractivity (Wildman–Crippen MR) is 77.4 cm³/mol. The highest BCUT2D eigenvalue weighted by atomic mass is 79.9. The molecular formula is C15H14BrF2NO. The molecule has 0 aliphatic rings. The lowest BCUT2D eigenvalue weighted by Crippen LogP contribution is -2.09. The monoisotopic (exact) mass is 341 g/mol. The van der Waals surface area contributed by atoms with Crippen molar-refractivity contribution in [3.05, 3.63) is 63.6 Å². The number of ether oxygens (including phenoxy) is 1. The van der Waals surface area contributed by atoms with Gasteiger partial charge in [0.15, 0.2) is 0 Å². The molecule has 0 bridgehead atoms. The fourth-order valence-corrected chi connectivity index (χ4v) is 2.17. The Hall–Kier alpha value is -1.46. The second-order valence-electron chi connectivity index (χ2n) is 4.46. The molecule has 0 saturated carbocycles. The maximum Gasteiger partial charge on any atom is 0.132 e. The fraction of sp³-hybridized carbons (Fsp3) is 0.200. The summed E-state index contributed by atoms with van der Waals surface area (Å²) in [4.78, 5) is 0. The Morgan fingerprint density at radius 1 is 1.20 bits per heavy atom. The molecule has 0 spiro atoms. The number of benzene rings is 2. The Morgan fingerprint density at radius 2 is 1.85 bits per heavy atom. The quantitative estimate of drug-likeness (QED) is 0.898. The summed E-state index contributed by atoms with van der Waals surface area (Å²) < 4.78 is 33.4. The number of halogens is 3. The van der Waals surface area contributed by atoms with Gasteiger partial charge in [0.2, 0.25) is 0 Å². The third-order valence-corrected chi connectivity index (χ3v) is 3.39. The van der Waals surface area contributed by atoms with Crippen molar-refractivity contribution in [2.24, 2.45) is 5.73 Å². The largest absolute Gasteiger partial charge is 0.488 e. The Labute approximate surface area is 124 Å². The summed E-state index contributed by atoms with van der Waals surface area (Å²) in [7, 11) is 0. The van der Waals surface area contributed by atoms with Crippen molar-refractivity contribution in [3.8, 4) is 5.75 Å². The van der Waals surface area contributed by atoms with Crippen molar-refractivity contribution >= 4 is 15.9 Å². The zero-order valence-electron chi connectivity index (χ0n) is 10.9. The van der Waals surface area contributed by atoms with Crippen molar-refractivity contribution in [1.29, 1.82) is 0 Å². The molecule has 0 saturated heterocycles. The molecule has 2 aromatic rings. The fourth-order valence-electron chi connectivity index (χ4n) is 1.83. The minimum atomic E-state index is -0.623. The molecule has 0 heterocycles. The Morgan fingerprint density at radius 3 is 2.45 bits per heavy atom. The molecule has 0 fully saturated rings. The summed E-state index contributed by atoms with van der Waals surface area (Å²) in [6, 6.07) is 8.89. The Balaban J connectivity index is 2.25. The van der Waals surface area contributed by atoms with Gasteiger partial charge < -0.3 is 10.5 Å². The predicted octanol–water partition coefficient (Wildman–Crippen LogP) is 4.33. The van der Waals surface area contributed by atoms with E-state index in [4.69, 9.17) is 10.5 Å². The van der Waals surface area contributed by atoms with Gasteiger partial charge in [-0.3, -0.25) is 0 Å². The van der Waals surface area contributed by atoms with Crippen LogP contribution in [0.25, 0.3) is 0 Å². The SMILES string of the molecule is C[C@@H](N)c1ccc(Br)cc1OCc1c(F)cccc1F. The van der Waals surface area contributed by atoms with Gasteiger partial charge in [-0.2, -0.15) is 0 Å². The average Bonchev–Trinajstić information content (AvgIpc) is 2.37. The molecule has 2 N–H and O–H groups in total. The molecule has 1 atom stereocenters. The molecule has 106 valence electrons. The lowest BCUT2D eigenvalue weighted by atomic mass is 10.1. The smallest absolute Gasteiger partial charge is 0.132 e. The normalized spacial score (nSPS) is 12.2. The van der Waals surface area contributed by atoms with E-state index in [9.17, 15) is 8.78 Å². The first-order valence-electron chi connectivity index (χ1n) is 6.09. The van der Waals surface area contributed by atoms with Crippen LogP contribution in [0.5, 0.6) is 5.75 Å². The van der Waals surface area contributed by atoms with Crippen molar-refractivity contribution in [2.75, 3.05) is 0 Å². The van der Waals surface area contributed by atoms with Crippen LogP contribution in [0.4, 0.5) is 8.78 Å². The van der Waals surface area contributed by atoms with Crippen LogP contribution in [-0.4, -0.2) is 0 Å². The molecule has 2 aromatic carbocycles. The van der Waals surface area contributed by atoms with E-state index < -0.39 is 11.6 Å². The molecule has 0 unspecified atom stereocenters. The third kappa shape index (κ3) is 3.35. The average molecular weight is 342 g/mol. The Kier molecular flexibility index (Phi) is 4.73. The van der Waals surface area contributed by atoms with E-state index in [0.29, 0.717) is 5.75 Å². The van der Waals surface area contributed by atoms with Gasteiger partial charge >= 0.3 is 0 Å². The number of nitrogens with two attached hydrogens (primary N) is 1. The van der Waals surface area contributed by atoms with E-state index in [-0.39, 0.29) is 18.2 Å². The summed E-state index contributed by atoms with van der Waals surface area (Å²) in [6.45, 7) is 1.63. The van der Waals surface area contributed by atoms with Crippen molar-refractivity contribution in [2.45, 2.75) is 19.6 Å². The highest BCUT2D eigenvalue weighted by Crippen LogP contribution is 2.28. The van der Waals surface area contributed by atoms with Gasteiger partial charge in [0.25, 0.3) is 0 Å². The highest BCUT2D eigenvalue weighted by Gasteiger charge is 2.12. The number of hydrogen-bond acceptors (Lipinski definition) is 2. The standard InChI is InChI=1S/C15H14BrF2NO/c1-9(19)11-6-5-10(16)7-15(11)20-8-12-13(17)3-2-4-14(12)18/h2-7,9H,8,19H2,1H3/t9-/m1/s1. The molecule has 2 nitrogen and oxygen atoms in total. The maximum absolute atomic E-state index is 13.5. The molecule has 0 aliphatic carbocycles. The third-order valence-electron chi connectivity index (χ3n) is 2.90. The molecule has 20 heavy (non-hydrogen) atoms. The topological polar surface area (TPSA) is 35.2 Å². The van der Waals surface area contributed by atoms with Crippen LogP contribution in [0.2, 0.25) is 0 Å². The molecule has 0 aliphatic heterocycles. The van der Waals surface area contributed by atoms with Crippen molar-refractivity contribution in [3.63, 3.8) is 0 Å². The first-order chi connectivity index (χ1) is 9.49.